The maximum absolute atomic E-state index is 4.32. The number of nitrogens with one attached hydrogen (secondary N) is 1. The Bertz CT molecular complexity index is 368. The third-order valence-electron chi connectivity index (χ3n) is 4.25. The second-order valence-corrected chi connectivity index (χ2v) is 6.14. The van der Waals surface area contributed by atoms with Crippen LogP contribution in [0.5, 0.6) is 0 Å². The molecule has 1 aliphatic carbocycles. The molecule has 0 spiro atoms. The van der Waals surface area contributed by atoms with Gasteiger partial charge in [0.05, 0.1) is 7.05 Å². The third-order valence-corrected chi connectivity index (χ3v) is 4.25. The van der Waals surface area contributed by atoms with Crippen molar-refractivity contribution in [2.24, 2.45) is 13.0 Å². The first-order valence-electron chi connectivity index (χ1n) is 8.24. The normalized spacial score (nSPS) is 18.9. The van der Waals surface area contributed by atoms with Gasteiger partial charge in [-0.1, -0.05) is 45.4 Å². The zero-order valence-corrected chi connectivity index (χ0v) is 13.0. The summed E-state index contributed by atoms with van der Waals surface area (Å²) in [6, 6.07) is 0.502. The van der Waals surface area contributed by atoms with Crippen molar-refractivity contribution in [2.75, 3.05) is 6.54 Å². The van der Waals surface area contributed by atoms with Crippen LogP contribution in [0.4, 0.5) is 0 Å². The van der Waals surface area contributed by atoms with E-state index in [0.717, 1.165) is 24.7 Å². The molecule has 1 heterocycles. The van der Waals surface area contributed by atoms with Crippen LogP contribution in [0, 0.1) is 5.92 Å². The molecule has 1 unspecified atom stereocenters. The molecule has 0 amide bonds. The second kappa shape index (κ2) is 8.35. The number of aryl methyl sites for hydroxylation is 1. The minimum absolute atomic E-state index is 0.502. The Labute approximate surface area is 122 Å². The Morgan fingerprint density at radius 3 is 2.60 bits per heavy atom. The van der Waals surface area contributed by atoms with Crippen LogP contribution in [0.2, 0.25) is 0 Å². The average Bonchev–Trinajstić information content (AvgIpc) is 2.69. The molecule has 1 fully saturated rings. The summed E-state index contributed by atoms with van der Waals surface area (Å²) in [5.41, 5.74) is 0. The fourth-order valence-corrected chi connectivity index (χ4v) is 3.21. The average molecular weight is 279 g/mol. The molecule has 0 aliphatic heterocycles. The molecule has 1 aromatic heterocycles. The minimum Gasteiger partial charge on any atom is -0.314 e. The van der Waals surface area contributed by atoms with E-state index in [2.05, 4.69) is 27.7 Å². The molecular formula is C15H29N5. The highest BCUT2D eigenvalue weighted by molar-refractivity contribution is 4.86. The number of tetrazole rings is 1. The Morgan fingerprint density at radius 1 is 1.25 bits per heavy atom. The number of hydrogen-bond donors (Lipinski definition) is 1. The topological polar surface area (TPSA) is 55.6 Å². The second-order valence-electron chi connectivity index (χ2n) is 6.14. The predicted octanol–water partition coefficient (Wildman–Crippen LogP) is 2.48. The summed E-state index contributed by atoms with van der Waals surface area (Å²) in [6.07, 6.45) is 11.8. The predicted molar refractivity (Wildman–Crippen MR) is 80.4 cm³/mol. The van der Waals surface area contributed by atoms with E-state index in [1.54, 1.807) is 4.80 Å². The molecule has 20 heavy (non-hydrogen) atoms. The summed E-state index contributed by atoms with van der Waals surface area (Å²) >= 11 is 0. The van der Waals surface area contributed by atoms with E-state index < -0.39 is 0 Å². The summed E-state index contributed by atoms with van der Waals surface area (Å²) in [6.45, 7) is 3.30. The summed E-state index contributed by atoms with van der Waals surface area (Å²) in [4.78, 5) is 1.55. The minimum atomic E-state index is 0.502. The van der Waals surface area contributed by atoms with Crippen molar-refractivity contribution in [1.82, 2.24) is 25.5 Å². The quantitative estimate of drug-likeness (QED) is 0.779. The van der Waals surface area contributed by atoms with Crippen molar-refractivity contribution < 1.29 is 0 Å². The smallest absolute Gasteiger partial charge is 0.176 e. The van der Waals surface area contributed by atoms with E-state index in [9.17, 15) is 0 Å². The lowest BCUT2D eigenvalue weighted by Crippen LogP contribution is -2.34. The molecule has 114 valence electrons. The molecule has 1 atom stereocenters. The highest BCUT2D eigenvalue weighted by Gasteiger charge is 2.19. The van der Waals surface area contributed by atoms with E-state index in [4.69, 9.17) is 0 Å². The molecule has 5 heteroatoms. The summed E-state index contributed by atoms with van der Waals surface area (Å²) < 4.78 is 0. The zero-order valence-electron chi connectivity index (χ0n) is 13.0. The van der Waals surface area contributed by atoms with Gasteiger partial charge >= 0.3 is 0 Å². The number of aromatic nitrogens is 4. The Kier molecular flexibility index (Phi) is 6.43. The van der Waals surface area contributed by atoms with Gasteiger partial charge < -0.3 is 5.32 Å². The van der Waals surface area contributed by atoms with Crippen molar-refractivity contribution in [3.05, 3.63) is 5.82 Å². The molecule has 0 bridgehead atoms. The Balaban J connectivity index is 1.88. The molecule has 5 nitrogen and oxygen atoms in total. The summed E-state index contributed by atoms with van der Waals surface area (Å²) in [7, 11) is 1.83. The van der Waals surface area contributed by atoms with Crippen LogP contribution in [0.1, 0.15) is 64.1 Å². The lowest BCUT2D eigenvalue weighted by Gasteiger charge is -2.22. The summed E-state index contributed by atoms with van der Waals surface area (Å²) in [5.74, 6) is 1.75. The first kappa shape index (κ1) is 15.4. The van der Waals surface area contributed by atoms with Gasteiger partial charge in [0.1, 0.15) is 0 Å². The first-order chi connectivity index (χ1) is 9.78. The van der Waals surface area contributed by atoms with Gasteiger partial charge in [-0.3, -0.25) is 0 Å². The fraction of sp³-hybridized carbons (Fsp3) is 0.933. The van der Waals surface area contributed by atoms with Gasteiger partial charge in [-0.25, -0.2) is 0 Å². The third kappa shape index (κ3) is 5.19. The van der Waals surface area contributed by atoms with E-state index in [0.29, 0.717) is 6.04 Å². The van der Waals surface area contributed by atoms with E-state index >= 15 is 0 Å². The lowest BCUT2D eigenvalue weighted by atomic mass is 9.91. The van der Waals surface area contributed by atoms with Crippen molar-refractivity contribution in [3.8, 4) is 0 Å². The van der Waals surface area contributed by atoms with Crippen LogP contribution in [0.15, 0.2) is 0 Å². The fourth-order valence-electron chi connectivity index (χ4n) is 3.21. The molecule has 2 rings (SSSR count). The Hall–Kier alpha value is -0.970. The monoisotopic (exact) mass is 279 g/mol. The molecule has 0 saturated heterocycles. The van der Waals surface area contributed by atoms with Crippen molar-refractivity contribution in [1.29, 1.82) is 0 Å². The van der Waals surface area contributed by atoms with Gasteiger partial charge in [-0.05, 0) is 30.5 Å². The van der Waals surface area contributed by atoms with Crippen LogP contribution in [0.3, 0.4) is 0 Å². The highest BCUT2D eigenvalue weighted by Crippen LogP contribution is 2.27. The van der Waals surface area contributed by atoms with Crippen LogP contribution < -0.4 is 5.32 Å². The first-order valence-corrected chi connectivity index (χ1v) is 8.24. The van der Waals surface area contributed by atoms with E-state index in [1.807, 2.05) is 7.05 Å². The van der Waals surface area contributed by atoms with Crippen LogP contribution in [0.25, 0.3) is 0 Å². The number of nitrogens with zero attached hydrogens (tertiary/aromatic N) is 4. The Morgan fingerprint density at radius 2 is 2.00 bits per heavy atom. The standard InChI is InChI=1S/C15H29N5/c1-3-10-16-14(12-15-17-19-20(2)18-15)11-13-8-6-4-5-7-9-13/h13-14,16H,3-12H2,1-2H3. The van der Waals surface area contributed by atoms with Gasteiger partial charge in [-0.15, -0.1) is 10.2 Å². The molecular weight excluding hydrogens is 250 g/mol. The van der Waals surface area contributed by atoms with Gasteiger partial charge in [0.2, 0.25) is 0 Å². The van der Waals surface area contributed by atoms with Gasteiger partial charge in [-0.2, -0.15) is 4.80 Å². The largest absolute Gasteiger partial charge is 0.314 e. The van der Waals surface area contributed by atoms with E-state index in [1.165, 1.54) is 51.4 Å². The molecule has 1 saturated carbocycles. The van der Waals surface area contributed by atoms with Crippen molar-refractivity contribution in [2.45, 2.75) is 70.8 Å². The van der Waals surface area contributed by atoms with Crippen LogP contribution in [-0.4, -0.2) is 32.8 Å². The molecule has 1 aliphatic rings. The van der Waals surface area contributed by atoms with Crippen molar-refractivity contribution in [3.63, 3.8) is 0 Å². The van der Waals surface area contributed by atoms with Gasteiger partial charge in [0, 0.05) is 12.5 Å². The van der Waals surface area contributed by atoms with E-state index in [-0.39, 0.29) is 0 Å². The summed E-state index contributed by atoms with van der Waals surface area (Å²) in [5, 5.41) is 16.1. The van der Waals surface area contributed by atoms with Gasteiger partial charge in [0.15, 0.2) is 5.82 Å². The SMILES string of the molecule is CCCNC(Cc1nnn(C)n1)CC1CCCCCC1. The van der Waals surface area contributed by atoms with Crippen LogP contribution >= 0.6 is 0 Å². The highest BCUT2D eigenvalue weighted by atomic mass is 15.6. The molecule has 1 aromatic rings. The number of hydrogen-bond acceptors (Lipinski definition) is 4. The maximum atomic E-state index is 4.32. The van der Waals surface area contributed by atoms with Gasteiger partial charge in [0.25, 0.3) is 0 Å². The zero-order chi connectivity index (χ0) is 14.2. The molecule has 0 aromatic carbocycles. The molecule has 0 radical (unpaired) electrons. The van der Waals surface area contributed by atoms with Crippen molar-refractivity contribution >= 4 is 0 Å². The number of rotatable bonds is 7. The lowest BCUT2D eigenvalue weighted by molar-refractivity contribution is 0.346. The molecule has 1 N–H and O–H groups in total. The van der Waals surface area contributed by atoms with Crippen LogP contribution in [-0.2, 0) is 13.5 Å². The maximum Gasteiger partial charge on any atom is 0.176 e.